The fraction of sp³-hybridized carbons (Fsp3) is 0.0769. The Hall–Kier alpha value is -2.02. The molecule has 104 valence electrons. The number of hydrogen-bond donors (Lipinski definition) is 1. The lowest BCUT2D eigenvalue weighted by atomic mass is 10.2. The molecule has 0 atom stereocenters. The van der Waals surface area contributed by atoms with Crippen molar-refractivity contribution in [1.29, 1.82) is 0 Å². The minimum Gasteiger partial charge on any atom is -0.478 e. The second kappa shape index (κ2) is 5.54. The van der Waals surface area contributed by atoms with E-state index in [1.165, 1.54) is 24.3 Å². The van der Waals surface area contributed by atoms with Crippen LogP contribution in [0.5, 0.6) is 0 Å². The van der Waals surface area contributed by atoms with Crippen LogP contribution in [-0.2, 0) is 6.18 Å². The van der Waals surface area contributed by atoms with Crippen LogP contribution in [0.15, 0.2) is 52.5 Å². The zero-order chi connectivity index (χ0) is 14.8. The molecule has 2 aromatic rings. The molecule has 1 aromatic heterocycles. The summed E-state index contributed by atoms with van der Waals surface area (Å²) >= 11 is 1.03. The highest BCUT2D eigenvalue weighted by molar-refractivity contribution is 7.99. The van der Waals surface area contributed by atoms with Crippen LogP contribution in [0.2, 0.25) is 0 Å². The summed E-state index contributed by atoms with van der Waals surface area (Å²) in [5.74, 6) is -1.06. The van der Waals surface area contributed by atoms with Crippen molar-refractivity contribution < 1.29 is 23.1 Å². The van der Waals surface area contributed by atoms with E-state index in [4.69, 9.17) is 5.11 Å². The van der Waals surface area contributed by atoms with Gasteiger partial charge in [-0.05, 0) is 36.4 Å². The van der Waals surface area contributed by atoms with Crippen molar-refractivity contribution in [3.05, 3.63) is 53.7 Å². The smallest absolute Gasteiger partial charge is 0.416 e. The van der Waals surface area contributed by atoms with Crippen LogP contribution in [-0.4, -0.2) is 16.1 Å². The molecule has 1 aromatic carbocycles. The number of carbonyl (C=O) groups is 1. The normalized spacial score (nSPS) is 11.3. The minimum absolute atomic E-state index is 0.117. The van der Waals surface area contributed by atoms with E-state index in [2.05, 4.69) is 4.98 Å². The van der Waals surface area contributed by atoms with Crippen molar-refractivity contribution in [3.8, 4) is 0 Å². The molecule has 7 heteroatoms. The summed E-state index contributed by atoms with van der Waals surface area (Å²) in [7, 11) is 0. The van der Waals surface area contributed by atoms with Crippen molar-refractivity contribution in [1.82, 2.24) is 4.98 Å². The van der Waals surface area contributed by atoms with Gasteiger partial charge in [0.15, 0.2) is 0 Å². The van der Waals surface area contributed by atoms with Crippen LogP contribution < -0.4 is 0 Å². The maximum atomic E-state index is 12.5. The molecular formula is C13H8F3NO2S. The number of halogens is 3. The number of rotatable bonds is 3. The molecule has 0 unspecified atom stereocenters. The molecule has 0 saturated carbocycles. The minimum atomic E-state index is -4.41. The summed E-state index contributed by atoms with van der Waals surface area (Å²) in [4.78, 5) is 15.1. The number of aromatic carboxylic acids is 1. The van der Waals surface area contributed by atoms with Crippen molar-refractivity contribution in [2.75, 3.05) is 0 Å². The van der Waals surface area contributed by atoms with Crippen LogP contribution in [0.1, 0.15) is 15.9 Å². The fourth-order valence-electron chi connectivity index (χ4n) is 1.43. The van der Waals surface area contributed by atoms with Crippen LogP contribution >= 0.6 is 11.8 Å². The van der Waals surface area contributed by atoms with Crippen molar-refractivity contribution in [3.63, 3.8) is 0 Å². The predicted octanol–water partition coefficient (Wildman–Crippen LogP) is 3.95. The Labute approximate surface area is 116 Å². The van der Waals surface area contributed by atoms with Gasteiger partial charge in [0, 0.05) is 11.1 Å². The summed E-state index contributed by atoms with van der Waals surface area (Å²) in [5.41, 5.74) is -0.650. The van der Waals surface area contributed by atoms with Crippen LogP contribution in [0.25, 0.3) is 0 Å². The van der Waals surface area contributed by atoms with Gasteiger partial charge in [0.05, 0.1) is 11.1 Å². The number of aromatic nitrogens is 1. The Morgan fingerprint density at radius 1 is 1.15 bits per heavy atom. The summed E-state index contributed by atoms with van der Waals surface area (Å²) < 4.78 is 37.6. The highest BCUT2D eigenvalue weighted by atomic mass is 32.2. The van der Waals surface area contributed by atoms with E-state index in [-0.39, 0.29) is 10.6 Å². The van der Waals surface area contributed by atoms with E-state index in [0.717, 1.165) is 30.1 Å². The molecule has 0 radical (unpaired) electrons. The predicted molar refractivity (Wildman–Crippen MR) is 66.8 cm³/mol. The monoisotopic (exact) mass is 299 g/mol. The van der Waals surface area contributed by atoms with Crippen LogP contribution in [0.4, 0.5) is 13.2 Å². The number of pyridine rings is 1. The highest BCUT2D eigenvalue weighted by Gasteiger charge is 2.30. The number of carboxylic acid groups (broad SMARTS) is 1. The van der Waals surface area contributed by atoms with E-state index in [1.54, 1.807) is 0 Å². The van der Waals surface area contributed by atoms with Gasteiger partial charge in [-0.2, -0.15) is 13.2 Å². The molecule has 0 saturated heterocycles. The van der Waals surface area contributed by atoms with Gasteiger partial charge in [-0.3, -0.25) is 0 Å². The second-order valence-corrected chi connectivity index (χ2v) is 4.91. The molecule has 0 aliphatic rings. The van der Waals surface area contributed by atoms with Gasteiger partial charge in [0.2, 0.25) is 0 Å². The van der Waals surface area contributed by atoms with Crippen LogP contribution in [0.3, 0.4) is 0 Å². The SMILES string of the molecule is O=C(O)c1ccc(Sc2cc(C(F)(F)F)ccn2)cc1. The van der Waals surface area contributed by atoms with Gasteiger partial charge >= 0.3 is 12.1 Å². The third-order valence-corrected chi connectivity index (χ3v) is 3.33. The quantitative estimate of drug-likeness (QED) is 0.932. The first-order valence-electron chi connectivity index (χ1n) is 5.41. The van der Waals surface area contributed by atoms with Gasteiger partial charge in [0.25, 0.3) is 0 Å². The third-order valence-electron chi connectivity index (χ3n) is 2.39. The Morgan fingerprint density at radius 3 is 2.35 bits per heavy atom. The van der Waals surface area contributed by atoms with Crippen molar-refractivity contribution in [2.24, 2.45) is 0 Å². The Balaban J connectivity index is 2.20. The summed E-state index contributed by atoms with van der Waals surface area (Å²) in [6.45, 7) is 0. The first kappa shape index (κ1) is 14.4. The molecule has 3 nitrogen and oxygen atoms in total. The molecule has 0 aliphatic heterocycles. The molecule has 0 bridgehead atoms. The maximum Gasteiger partial charge on any atom is 0.416 e. The van der Waals surface area contributed by atoms with Gasteiger partial charge in [0.1, 0.15) is 5.03 Å². The molecule has 0 spiro atoms. The third kappa shape index (κ3) is 3.51. The summed E-state index contributed by atoms with van der Waals surface area (Å²) in [6.07, 6.45) is -3.32. The Bertz CT molecular complexity index is 626. The first-order chi connectivity index (χ1) is 9.36. The standard InChI is InChI=1S/C13H8F3NO2S/c14-13(15,16)9-5-6-17-11(7-9)20-10-3-1-8(2-4-10)12(18)19/h1-7H,(H,18,19). The second-order valence-electron chi connectivity index (χ2n) is 3.81. The lowest BCUT2D eigenvalue weighted by Gasteiger charge is -2.07. The Kier molecular flexibility index (Phi) is 3.99. The molecule has 0 aliphatic carbocycles. The van der Waals surface area contributed by atoms with Crippen molar-refractivity contribution >= 4 is 17.7 Å². The maximum absolute atomic E-state index is 12.5. The molecule has 0 fully saturated rings. The van der Waals surface area contributed by atoms with Gasteiger partial charge in [-0.15, -0.1) is 0 Å². The zero-order valence-corrected chi connectivity index (χ0v) is 10.7. The van der Waals surface area contributed by atoms with Crippen molar-refractivity contribution in [2.45, 2.75) is 16.1 Å². The lowest BCUT2D eigenvalue weighted by Crippen LogP contribution is -2.04. The lowest BCUT2D eigenvalue weighted by molar-refractivity contribution is -0.137. The van der Waals surface area contributed by atoms with E-state index in [9.17, 15) is 18.0 Å². The highest BCUT2D eigenvalue weighted by Crippen LogP contribution is 2.33. The average Bonchev–Trinajstić information content (AvgIpc) is 2.38. The number of alkyl halides is 3. The van der Waals surface area contributed by atoms with Gasteiger partial charge < -0.3 is 5.11 Å². The van der Waals surface area contributed by atoms with Gasteiger partial charge in [-0.1, -0.05) is 11.8 Å². The van der Waals surface area contributed by atoms with E-state index >= 15 is 0 Å². The van der Waals surface area contributed by atoms with Crippen LogP contribution in [0, 0.1) is 0 Å². The van der Waals surface area contributed by atoms with Gasteiger partial charge in [-0.25, -0.2) is 9.78 Å². The number of benzene rings is 1. The zero-order valence-electron chi connectivity index (χ0n) is 9.89. The molecule has 1 N–H and O–H groups in total. The van der Waals surface area contributed by atoms with E-state index < -0.39 is 17.7 Å². The number of carboxylic acids is 1. The molecule has 1 heterocycles. The summed E-state index contributed by atoms with van der Waals surface area (Å²) in [5, 5.41) is 8.94. The molecular weight excluding hydrogens is 291 g/mol. The fourth-order valence-corrected chi connectivity index (χ4v) is 2.24. The molecule has 2 rings (SSSR count). The molecule has 0 amide bonds. The van der Waals surface area contributed by atoms with E-state index in [0.29, 0.717) is 4.90 Å². The van der Waals surface area contributed by atoms with E-state index in [1.807, 2.05) is 0 Å². The average molecular weight is 299 g/mol. The number of nitrogens with zero attached hydrogens (tertiary/aromatic N) is 1. The Morgan fingerprint density at radius 2 is 1.80 bits per heavy atom. The molecule has 20 heavy (non-hydrogen) atoms. The first-order valence-corrected chi connectivity index (χ1v) is 6.22. The summed E-state index contributed by atoms with van der Waals surface area (Å²) in [6, 6.07) is 7.68. The number of hydrogen-bond acceptors (Lipinski definition) is 3. The topological polar surface area (TPSA) is 50.2 Å². The largest absolute Gasteiger partial charge is 0.478 e.